The van der Waals surface area contributed by atoms with Crippen molar-refractivity contribution in [3.63, 3.8) is 0 Å². The van der Waals surface area contributed by atoms with Gasteiger partial charge in [-0.25, -0.2) is 0 Å². The van der Waals surface area contributed by atoms with Crippen LogP contribution in [0.25, 0.3) is 0 Å². The monoisotopic (exact) mass is 353 g/mol. The minimum atomic E-state index is -0.980. The minimum absolute atomic E-state index is 0.330. The van der Waals surface area contributed by atoms with E-state index in [1.807, 2.05) is 36.4 Å². The van der Waals surface area contributed by atoms with Gasteiger partial charge >= 0.3 is 5.97 Å². The SMILES string of the molecule is O=C(O)[C@@H]1[C@H](C(=O)Nc2ccccc2Oc2ccccc2)[C@H]2CC[C@H]1O2. The van der Waals surface area contributed by atoms with Crippen molar-refractivity contribution in [2.45, 2.75) is 25.0 Å². The Morgan fingerprint density at radius 1 is 0.962 bits per heavy atom. The second-order valence-electron chi connectivity index (χ2n) is 6.58. The first-order valence-corrected chi connectivity index (χ1v) is 8.64. The fourth-order valence-electron chi connectivity index (χ4n) is 3.82. The van der Waals surface area contributed by atoms with Gasteiger partial charge in [-0.2, -0.15) is 0 Å². The highest BCUT2D eigenvalue weighted by molar-refractivity contribution is 5.97. The molecule has 0 unspecified atom stereocenters. The van der Waals surface area contributed by atoms with E-state index in [0.717, 1.165) is 0 Å². The predicted molar refractivity (Wildman–Crippen MR) is 94.1 cm³/mol. The second kappa shape index (κ2) is 6.80. The summed E-state index contributed by atoms with van der Waals surface area (Å²) in [5.74, 6) is -1.64. The van der Waals surface area contributed by atoms with E-state index in [0.29, 0.717) is 30.0 Å². The molecular weight excluding hydrogens is 334 g/mol. The van der Waals surface area contributed by atoms with E-state index in [1.165, 1.54) is 0 Å². The normalized spacial score (nSPS) is 26.5. The van der Waals surface area contributed by atoms with Gasteiger partial charge < -0.3 is 19.9 Å². The van der Waals surface area contributed by atoms with Gasteiger partial charge in [-0.15, -0.1) is 0 Å². The Bertz CT molecular complexity index is 822. The van der Waals surface area contributed by atoms with Crippen molar-refractivity contribution >= 4 is 17.6 Å². The van der Waals surface area contributed by atoms with Crippen LogP contribution in [0.4, 0.5) is 5.69 Å². The van der Waals surface area contributed by atoms with Crippen molar-refractivity contribution in [3.8, 4) is 11.5 Å². The summed E-state index contributed by atoms with van der Waals surface area (Å²) in [4.78, 5) is 24.4. The molecule has 2 N–H and O–H groups in total. The number of fused-ring (bicyclic) bond motifs is 2. The summed E-state index contributed by atoms with van der Waals surface area (Å²) in [5.41, 5.74) is 0.508. The smallest absolute Gasteiger partial charge is 0.310 e. The molecule has 6 heteroatoms. The molecule has 6 nitrogen and oxygen atoms in total. The summed E-state index contributed by atoms with van der Waals surface area (Å²) in [6.07, 6.45) is 0.709. The van der Waals surface area contributed by atoms with Gasteiger partial charge in [0.15, 0.2) is 5.75 Å². The number of ether oxygens (including phenoxy) is 2. The lowest BCUT2D eigenvalue weighted by Gasteiger charge is -2.24. The molecule has 4 rings (SSSR count). The summed E-state index contributed by atoms with van der Waals surface area (Å²) in [6.45, 7) is 0. The molecule has 134 valence electrons. The number of benzene rings is 2. The van der Waals surface area contributed by atoms with E-state index in [-0.39, 0.29) is 18.1 Å². The van der Waals surface area contributed by atoms with E-state index in [4.69, 9.17) is 9.47 Å². The maximum Gasteiger partial charge on any atom is 0.310 e. The Morgan fingerprint density at radius 2 is 1.62 bits per heavy atom. The summed E-state index contributed by atoms with van der Waals surface area (Å²) >= 11 is 0. The first-order chi connectivity index (χ1) is 12.6. The van der Waals surface area contributed by atoms with Gasteiger partial charge in [0.2, 0.25) is 5.91 Å². The number of hydrogen-bond donors (Lipinski definition) is 2. The molecular formula is C20H19NO5. The summed E-state index contributed by atoms with van der Waals surface area (Å²) in [6, 6.07) is 16.4. The summed E-state index contributed by atoms with van der Waals surface area (Å²) in [7, 11) is 0. The topological polar surface area (TPSA) is 84.9 Å². The standard InChI is InChI=1S/C20H19NO5/c22-19(17-15-10-11-16(26-15)18(17)20(23)24)21-13-8-4-5-9-14(13)25-12-6-2-1-3-7-12/h1-9,15-18H,10-11H2,(H,21,22)(H,23,24)/t15-,16-,17-,18+/m1/s1. The number of aliphatic carboxylic acids is 1. The molecule has 0 aliphatic carbocycles. The van der Waals surface area contributed by atoms with Crippen LogP contribution in [-0.2, 0) is 14.3 Å². The number of carboxylic acids is 1. The summed E-state index contributed by atoms with van der Waals surface area (Å²) < 4.78 is 11.5. The van der Waals surface area contributed by atoms with Gasteiger partial charge in [-0.3, -0.25) is 9.59 Å². The third-order valence-corrected chi connectivity index (χ3v) is 4.98. The number of carbonyl (C=O) groups is 2. The Labute approximate surface area is 150 Å². The molecule has 0 radical (unpaired) electrons. The van der Waals surface area contributed by atoms with Crippen molar-refractivity contribution in [2.24, 2.45) is 11.8 Å². The van der Waals surface area contributed by atoms with Crippen molar-refractivity contribution < 1.29 is 24.2 Å². The largest absolute Gasteiger partial charge is 0.481 e. The van der Waals surface area contributed by atoms with Crippen molar-refractivity contribution in [1.29, 1.82) is 0 Å². The number of amides is 1. The van der Waals surface area contributed by atoms with Gasteiger partial charge in [0, 0.05) is 0 Å². The fraction of sp³-hybridized carbons (Fsp3) is 0.300. The van der Waals surface area contributed by atoms with E-state index < -0.39 is 17.8 Å². The van der Waals surface area contributed by atoms with Crippen LogP contribution in [-0.4, -0.2) is 29.2 Å². The number of anilines is 1. The van der Waals surface area contributed by atoms with Crippen LogP contribution in [0.5, 0.6) is 11.5 Å². The highest BCUT2D eigenvalue weighted by Gasteiger charge is 2.55. The van der Waals surface area contributed by atoms with Gasteiger partial charge in [-0.05, 0) is 37.1 Å². The Morgan fingerprint density at radius 3 is 2.35 bits per heavy atom. The van der Waals surface area contributed by atoms with Crippen molar-refractivity contribution in [1.82, 2.24) is 0 Å². The maximum absolute atomic E-state index is 12.8. The molecule has 2 aliphatic heterocycles. The number of hydrogen-bond acceptors (Lipinski definition) is 4. The zero-order valence-electron chi connectivity index (χ0n) is 14.0. The van der Waals surface area contributed by atoms with Gasteiger partial charge in [-0.1, -0.05) is 30.3 Å². The lowest BCUT2D eigenvalue weighted by Crippen LogP contribution is -2.40. The maximum atomic E-state index is 12.8. The molecule has 4 atom stereocenters. The first kappa shape index (κ1) is 16.6. The molecule has 2 aromatic carbocycles. The van der Waals surface area contributed by atoms with Crippen LogP contribution in [0.2, 0.25) is 0 Å². The average Bonchev–Trinajstić information content (AvgIpc) is 3.25. The van der Waals surface area contributed by atoms with Gasteiger partial charge in [0.1, 0.15) is 5.75 Å². The van der Waals surface area contributed by atoms with Crippen LogP contribution in [0, 0.1) is 11.8 Å². The van der Waals surface area contributed by atoms with E-state index in [2.05, 4.69) is 5.32 Å². The van der Waals surface area contributed by atoms with Crippen LogP contribution < -0.4 is 10.1 Å². The van der Waals surface area contributed by atoms with Crippen LogP contribution in [0.3, 0.4) is 0 Å². The number of carboxylic acid groups (broad SMARTS) is 1. The van der Waals surface area contributed by atoms with Crippen LogP contribution >= 0.6 is 0 Å². The fourth-order valence-corrected chi connectivity index (χ4v) is 3.82. The number of para-hydroxylation sites is 3. The molecule has 2 fully saturated rings. The molecule has 2 aliphatic rings. The molecule has 0 saturated carbocycles. The Hall–Kier alpha value is -2.86. The quantitative estimate of drug-likeness (QED) is 0.861. The van der Waals surface area contributed by atoms with Crippen LogP contribution in [0.1, 0.15) is 12.8 Å². The van der Waals surface area contributed by atoms with Crippen LogP contribution in [0.15, 0.2) is 54.6 Å². The van der Waals surface area contributed by atoms with Gasteiger partial charge in [0.25, 0.3) is 0 Å². The number of rotatable bonds is 5. The van der Waals surface area contributed by atoms with Crippen molar-refractivity contribution in [3.05, 3.63) is 54.6 Å². The zero-order valence-corrected chi connectivity index (χ0v) is 14.0. The Kier molecular flexibility index (Phi) is 4.34. The Balaban J connectivity index is 1.54. The van der Waals surface area contributed by atoms with Gasteiger partial charge in [0.05, 0.1) is 29.7 Å². The molecule has 2 heterocycles. The molecule has 0 aromatic heterocycles. The first-order valence-electron chi connectivity index (χ1n) is 8.64. The molecule has 2 saturated heterocycles. The highest BCUT2D eigenvalue weighted by atomic mass is 16.5. The molecule has 2 aromatic rings. The van der Waals surface area contributed by atoms with E-state index >= 15 is 0 Å². The molecule has 2 bridgehead atoms. The molecule has 26 heavy (non-hydrogen) atoms. The minimum Gasteiger partial charge on any atom is -0.481 e. The lowest BCUT2D eigenvalue weighted by molar-refractivity contribution is -0.147. The lowest BCUT2D eigenvalue weighted by atomic mass is 9.78. The zero-order chi connectivity index (χ0) is 18.1. The third-order valence-electron chi connectivity index (χ3n) is 4.98. The van der Waals surface area contributed by atoms with E-state index in [1.54, 1.807) is 18.2 Å². The number of carbonyl (C=O) groups excluding carboxylic acids is 1. The third kappa shape index (κ3) is 3.04. The van der Waals surface area contributed by atoms with Crippen molar-refractivity contribution in [2.75, 3.05) is 5.32 Å². The molecule has 0 spiro atoms. The number of nitrogens with one attached hydrogen (secondary N) is 1. The van der Waals surface area contributed by atoms with E-state index in [9.17, 15) is 14.7 Å². The second-order valence-corrected chi connectivity index (χ2v) is 6.58. The molecule has 1 amide bonds. The predicted octanol–water partition coefficient (Wildman–Crippen LogP) is 3.30. The highest BCUT2D eigenvalue weighted by Crippen LogP contribution is 2.44. The average molecular weight is 353 g/mol. The summed E-state index contributed by atoms with van der Waals surface area (Å²) in [5, 5.41) is 12.3.